The van der Waals surface area contributed by atoms with Gasteiger partial charge in [0.1, 0.15) is 6.07 Å². The molecule has 1 aliphatic carbocycles. The van der Waals surface area contributed by atoms with Crippen molar-refractivity contribution in [3.8, 4) is 17.9 Å². The van der Waals surface area contributed by atoms with E-state index >= 15 is 0 Å². The fraction of sp³-hybridized carbons (Fsp3) is 0.333. The molecule has 1 atom stereocenters. The van der Waals surface area contributed by atoms with Crippen LogP contribution in [0.2, 0.25) is 5.02 Å². The van der Waals surface area contributed by atoms with Crippen LogP contribution >= 0.6 is 11.6 Å². The van der Waals surface area contributed by atoms with Crippen LogP contribution in [0, 0.1) is 33.9 Å². The molecular weight excluding hydrogens is 519 g/mol. The van der Waals surface area contributed by atoms with Crippen molar-refractivity contribution >= 4 is 41.2 Å². The molecular formula is C30H30BClN8. The van der Waals surface area contributed by atoms with Gasteiger partial charge in [-0.25, -0.2) is 0 Å². The minimum absolute atomic E-state index is 0.0267. The van der Waals surface area contributed by atoms with E-state index in [1.54, 1.807) is 6.07 Å². The molecule has 0 bridgehead atoms. The van der Waals surface area contributed by atoms with Crippen molar-refractivity contribution in [3.05, 3.63) is 76.2 Å². The fourth-order valence-electron chi connectivity index (χ4n) is 4.97. The van der Waals surface area contributed by atoms with Crippen molar-refractivity contribution in [1.29, 1.82) is 10.5 Å². The Morgan fingerprint density at radius 3 is 2.55 bits per heavy atom. The van der Waals surface area contributed by atoms with Gasteiger partial charge in [-0.15, -0.1) is 0 Å². The zero-order valence-corrected chi connectivity index (χ0v) is 23.5. The molecule has 10 heteroatoms. The van der Waals surface area contributed by atoms with Gasteiger partial charge in [0.05, 0.1) is 0 Å². The Kier molecular flexibility index (Phi) is 7.40. The van der Waals surface area contributed by atoms with Gasteiger partial charge >= 0.3 is 191 Å². The summed E-state index contributed by atoms with van der Waals surface area (Å²) in [4.78, 5) is 4.47. The Bertz CT molecular complexity index is 1620. The first-order chi connectivity index (χ1) is 19.2. The molecule has 2 heterocycles. The van der Waals surface area contributed by atoms with Crippen LogP contribution in [0.5, 0.6) is 0 Å². The summed E-state index contributed by atoms with van der Waals surface area (Å²) in [5.41, 5.74) is 10.5. The van der Waals surface area contributed by atoms with E-state index in [0.29, 0.717) is 45.0 Å². The number of nitrogens with one attached hydrogen (secondary N) is 4. The second kappa shape index (κ2) is 10.8. The third-order valence-electron chi connectivity index (χ3n) is 7.35. The molecule has 0 spiro atoms. The molecule has 0 amide bonds. The summed E-state index contributed by atoms with van der Waals surface area (Å²) >= 11 is 6.69. The molecule has 2 aliphatic rings. The van der Waals surface area contributed by atoms with Gasteiger partial charge in [0, 0.05) is 12.7 Å². The molecule has 0 radical (unpaired) electrons. The summed E-state index contributed by atoms with van der Waals surface area (Å²) in [5.74, 6) is 2.95. The number of nitrogens with zero attached hydrogens (tertiary/aromatic N) is 4. The van der Waals surface area contributed by atoms with E-state index in [-0.39, 0.29) is 11.0 Å². The fourth-order valence-corrected chi connectivity index (χ4v) is 5.22. The molecule has 4 N–H and O–H groups in total. The Hall–Kier alpha value is -4.14. The summed E-state index contributed by atoms with van der Waals surface area (Å²) in [6, 6.07) is 15.4. The molecule has 5 rings (SSSR count). The molecule has 0 unspecified atom stereocenters. The monoisotopic (exact) mass is 548 g/mol. The summed E-state index contributed by atoms with van der Waals surface area (Å²) in [5, 5.41) is 30.1. The third-order valence-corrected chi connectivity index (χ3v) is 7.69. The van der Waals surface area contributed by atoms with Crippen LogP contribution in [0.4, 0.5) is 11.4 Å². The Balaban J connectivity index is 1.60. The molecule has 2 aromatic carbocycles. The summed E-state index contributed by atoms with van der Waals surface area (Å²) in [6.45, 7) is 6.98. The van der Waals surface area contributed by atoms with Gasteiger partial charge in [0.2, 0.25) is 0 Å². The zero-order valence-electron chi connectivity index (χ0n) is 22.8. The average Bonchev–Trinajstić information content (AvgIpc) is 3.39. The van der Waals surface area contributed by atoms with Crippen LogP contribution in [0.25, 0.3) is 10.9 Å². The molecule has 8 nitrogen and oxygen atoms in total. The Morgan fingerprint density at radius 1 is 1.18 bits per heavy atom. The number of nitriles is 2. The number of rotatable bonds is 7. The van der Waals surface area contributed by atoms with E-state index in [2.05, 4.69) is 65.3 Å². The number of pyridine rings is 1. The van der Waals surface area contributed by atoms with E-state index in [4.69, 9.17) is 18.9 Å². The maximum atomic E-state index is 10.0. The topological polar surface area (TPSA) is 112 Å². The number of anilines is 2. The second-order valence-electron chi connectivity index (χ2n) is 11.4. The number of aromatic nitrogens is 1. The number of benzene rings is 2. The van der Waals surface area contributed by atoms with Crippen molar-refractivity contribution in [2.24, 2.45) is 5.41 Å². The molecule has 3 aromatic rings. The van der Waals surface area contributed by atoms with Crippen molar-refractivity contribution in [1.82, 2.24) is 21.0 Å². The standard InChI is InChI=1S/C30H30BClN8/c1-29(2,3)18-36-27-20(14-34)15-35-26-19(13-33)11-21(12-23(26)27)37-28(22-7-4-5-8-24(22)32)25-16-40(39-38-25)30(17-31)9-6-10-30/h4-5,7-8,11-12,15-16,28,37-39H,6,9-10,18H2,1-3H3,(H,35,36)/t28-/m0/s1. The number of fused-ring (bicyclic) bond motifs is 1. The minimum atomic E-state index is -0.400. The maximum absolute atomic E-state index is 10.0. The van der Waals surface area contributed by atoms with E-state index in [9.17, 15) is 10.5 Å². The first kappa shape index (κ1) is 27.4. The molecule has 200 valence electrons. The van der Waals surface area contributed by atoms with Crippen LogP contribution in [-0.2, 0) is 0 Å². The Morgan fingerprint density at radius 2 is 1.93 bits per heavy atom. The van der Waals surface area contributed by atoms with Crippen LogP contribution < -0.4 is 21.6 Å². The molecule has 1 aliphatic heterocycles. The molecule has 1 saturated carbocycles. The molecule has 1 fully saturated rings. The Labute approximate surface area is 240 Å². The van der Waals surface area contributed by atoms with Gasteiger partial charge < -0.3 is 0 Å². The van der Waals surface area contributed by atoms with E-state index in [1.165, 1.54) is 6.20 Å². The molecule has 0 saturated heterocycles. The van der Waals surface area contributed by atoms with Gasteiger partial charge in [-0.2, -0.15) is 5.26 Å². The zero-order chi connectivity index (χ0) is 28.5. The first-order valence-corrected chi connectivity index (χ1v) is 13.6. The average molecular weight is 549 g/mol. The van der Waals surface area contributed by atoms with E-state index < -0.39 is 6.04 Å². The van der Waals surface area contributed by atoms with Crippen molar-refractivity contribution in [2.45, 2.75) is 51.6 Å². The van der Waals surface area contributed by atoms with Crippen LogP contribution in [0.3, 0.4) is 0 Å². The number of hydrazine groups is 2. The second-order valence-corrected chi connectivity index (χ2v) is 11.8. The summed E-state index contributed by atoms with van der Waals surface area (Å²) in [7, 11) is 5.91. The number of hydrogen-bond acceptors (Lipinski definition) is 8. The molecule has 40 heavy (non-hydrogen) atoms. The van der Waals surface area contributed by atoms with Gasteiger partial charge in [0.15, 0.2) is 0 Å². The predicted octanol–water partition coefficient (Wildman–Crippen LogP) is 5.46. The quantitative estimate of drug-likeness (QED) is 0.288. The normalized spacial score (nSPS) is 16.6. The van der Waals surface area contributed by atoms with Gasteiger partial charge in [-0.1, -0.05) is 20.8 Å². The van der Waals surface area contributed by atoms with Crippen molar-refractivity contribution < 1.29 is 0 Å². The molecule has 1 aromatic heterocycles. The van der Waals surface area contributed by atoms with E-state index in [1.807, 2.05) is 41.5 Å². The summed E-state index contributed by atoms with van der Waals surface area (Å²) < 4.78 is 0. The number of halogens is 1. The number of hydrogen-bond donors (Lipinski definition) is 4. The van der Waals surface area contributed by atoms with Gasteiger partial charge in [-0.3, -0.25) is 0 Å². The van der Waals surface area contributed by atoms with Crippen LogP contribution in [0.15, 0.2) is 54.5 Å². The van der Waals surface area contributed by atoms with Crippen molar-refractivity contribution in [3.63, 3.8) is 0 Å². The SMILES string of the molecule is B#CC1(N2C=C([C@@H](Nc3cc(C#N)c4ncc(C#N)c(NCC(C)(C)C)c4c3)c3ccccc3Cl)NN2)CCC1. The van der Waals surface area contributed by atoms with Gasteiger partial charge in [-0.05, 0) is 5.41 Å². The van der Waals surface area contributed by atoms with Crippen molar-refractivity contribution in [2.75, 3.05) is 17.2 Å². The van der Waals surface area contributed by atoms with E-state index in [0.717, 1.165) is 30.5 Å². The third kappa shape index (κ3) is 5.20. The van der Waals surface area contributed by atoms with Crippen LogP contribution in [0.1, 0.15) is 62.8 Å². The van der Waals surface area contributed by atoms with Gasteiger partial charge in [0.25, 0.3) is 0 Å². The predicted molar refractivity (Wildman–Crippen MR) is 159 cm³/mol. The summed E-state index contributed by atoms with van der Waals surface area (Å²) in [6.07, 6.45) is 6.39. The van der Waals surface area contributed by atoms with Crippen LogP contribution in [-0.4, -0.2) is 29.4 Å². The first-order valence-electron chi connectivity index (χ1n) is 13.2.